The highest BCUT2D eigenvalue weighted by Crippen LogP contribution is 2.12. The molecule has 0 atom stereocenters. The van der Waals surface area contributed by atoms with Crippen molar-refractivity contribution in [2.75, 3.05) is 16.0 Å². The van der Waals surface area contributed by atoms with E-state index in [1.54, 1.807) is 24.3 Å². The van der Waals surface area contributed by atoms with Crippen LogP contribution in [0, 0.1) is 17.2 Å². The van der Waals surface area contributed by atoms with Gasteiger partial charge in [0.1, 0.15) is 0 Å². The number of nitrogens with zero attached hydrogens (tertiary/aromatic N) is 1. The van der Waals surface area contributed by atoms with E-state index in [2.05, 4.69) is 37.2 Å². The third-order valence-corrected chi connectivity index (χ3v) is 3.59. The summed E-state index contributed by atoms with van der Waals surface area (Å²) in [6, 6.07) is 8.81. The molecule has 1 amide bonds. The van der Waals surface area contributed by atoms with Gasteiger partial charge < -0.3 is 5.32 Å². The highest BCUT2D eigenvalue weighted by atomic mass is 79.9. The highest BCUT2D eigenvalue weighted by Gasteiger charge is 2.15. The minimum Gasteiger partial charge on any atom is -0.326 e. The maximum absolute atomic E-state index is 11.7. The second kappa shape index (κ2) is 6.66. The normalized spacial score (nSPS) is 9.88. The van der Waals surface area contributed by atoms with Crippen molar-refractivity contribution in [3.05, 3.63) is 29.8 Å². The number of benzene rings is 1. The molecule has 3 nitrogen and oxygen atoms in total. The monoisotopic (exact) mass is 344 g/mol. The second-order valence-electron chi connectivity index (χ2n) is 3.18. The Balaban J connectivity index is 2.66. The Labute approximate surface area is 111 Å². The van der Waals surface area contributed by atoms with E-state index in [9.17, 15) is 4.79 Å². The lowest BCUT2D eigenvalue weighted by molar-refractivity contribution is -0.118. The molecule has 0 aliphatic carbocycles. The van der Waals surface area contributed by atoms with Gasteiger partial charge in [0.2, 0.25) is 5.91 Å². The molecule has 0 saturated carbocycles. The molecule has 0 heterocycles. The molecule has 0 aliphatic heterocycles. The number of carbonyl (C=O) groups excluding carboxylic acids is 1. The fourth-order valence-electron chi connectivity index (χ4n) is 1.05. The summed E-state index contributed by atoms with van der Waals surface area (Å²) in [5.41, 5.74) is 1.28. The van der Waals surface area contributed by atoms with Crippen molar-refractivity contribution in [2.24, 2.45) is 5.92 Å². The number of nitriles is 1. The van der Waals surface area contributed by atoms with E-state index in [4.69, 9.17) is 5.26 Å². The van der Waals surface area contributed by atoms with Crippen LogP contribution in [0.5, 0.6) is 0 Å². The largest absolute Gasteiger partial charge is 0.326 e. The molecule has 1 aromatic rings. The average molecular weight is 346 g/mol. The van der Waals surface area contributed by atoms with Gasteiger partial charge in [-0.15, -0.1) is 0 Å². The van der Waals surface area contributed by atoms with Crippen LogP contribution in [0.1, 0.15) is 5.56 Å². The third-order valence-electron chi connectivity index (χ3n) is 2.02. The summed E-state index contributed by atoms with van der Waals surface area (Å²) < 4.78 is 0. The zero-order valence-corrected chi connectivity index (χ0v) is 11.6. The lowest BCUT2D eigenvalue weighted by atomic mass is 10.2. The summed E-state index contributed by atoms with van der Waals surface area (Å²) in [5.74, 6) is -0.144. The average Bonchev–Trinajstić information content (AvgIpc) is 2.31. The van der Waals surface area contributed by atoms with E-state index in [1.165, 1.54) is 0 Å². The van der Waals surface area contributed by atoms with Crippen LogP contribution in [0.2, 0.25) is 0 Å². The fraction of sp³-hybridized carbons (Fsp3) is 0.273. The van der Waals surface area contributed by atoms with Gasteiger partial charge in [-0.1, -0.05) is 31.9 Å². The van der Waals surface area contributed by atoms with Gasteiger partial charge in [-0.3, -0.25) is 4.79 Å². The van der Waals surface area contributed by atoms with Crippen LogP contribution in [-0.4, -0.2) is 16.6 Å². The molecular weight excluding hydrogens is 336 g/mol. The molecule has 1 N–H and O–H groups in total. The van der Waals surface area contributed by atoms with Crippen LogP contribution in [-0.2, 0) is 4.79 Å². The zero-order chi connectivity index (χ0) is 12.0. The van der Waals surface area contributed by atoms with Crippen molar-refractivity contribution >= 4 is 43.5 Å². The fourth-order valence-corrected chi connectivity index (χ4v) is 2.71. The quantitative estimate of drug-likeness (QED) is 0.853. The summed E-state index contributed by atoms with van der Waals surface area (Å²) in [5, 5.41) is 12.6. The number of hydrogen-bond acceptors (Lipinski definition) is 2. The van der Waals surface area contributed by atoms with Crippen LogP contribution in [0.3, 0.4) is 0 Å². The molecule has 0 spiro atoms. The van der Waals surface area contributed by atoms with Crippen LogP contribution < -0.4 is 5.32 Å². The van der Waals surface area contributed by atoms with Crippen LogP contribution in [0.4, 0.5) is 5.69 Å². The van der Waals surface area contributed by atoms with Crippen LogP contribution >= 0.6 is 31.9 Å². The number of halogens is 2. The van der Waals surface area contributed by atoms with Crippen molar-refractivity contribution in [3.8, 4) is 6.07 Å². The van der Waals surface area contributed by atoms with Crippen molar-refractivity contribution in [1.82, 2.24) is 0 Å². The standard InChI is InChI=1S/C11H10Br2N2O/c12-5-9(6-13)11(16)15-10-3-1-8(7-14)2-4-10/h1-4,9H,5-6H2,(H,15,16). The van der Waals surface area contributed by atoms with Gasteiger partial charge in [0.05, 0.1) is 17.6 Å². The molecule has 0 fully saturated rings. The first-order chi connectivity index (χ1) is 7.71. The first-order valence-electron chi connectivity index (χ1n) is 4.64. The summed E-state index contributed by atoms with van der Waals surface area (Å²) in [7, 11) is 0. The molecule has 0 aliphatic rings. The van der Waals surface area contributed by atoms with Crippen molar-refractivity contribution in [3.63, 3.8) is 0 Å². The molecule has 1 aromatic carbocycles. The maximum atomic E-state index is 11.7. The van der Waals surface area contributed by atoms with Gasteiger partial charge in [-0.2, -0.15) is 5.26 Å². The Kier molecular flexibility index (Phi) is 5.50. The molecular formula is C11H10Br2N2O. The molecule has 5 heteroatoms. The number of rotatable bonds is 4. The lowest BCUT2D eigenvalue weighted by Gasteiger charge is -2.11. The van der Waals surface area contributed by atoms with E-state index < -0.39 is 0 Å². The topological polar surface area (TPSA) is 52.9 Å². The number of hydrogen-bond donors (Lipinski definition) is 1. The Morgan fingerprint density at radius 1 is 1.31 bits per heavy atom. The van der Waals surface area contributed by atoms with Crippen molar-refractivity contribution in [2.45, 2.75) is 0 Å². The Morgan fingerprint density at radius 2 is 1.88 bits per heavy atom. The maximum Gasteiger partial charge on any atom is 0.229 e. The first-order valence-corrected chi connectivity index (χ1v) is 6.88. The number of carbonyl (C=O) groups is 1. The summed E-state index contributed by atoms with van der Waals surface area (Å²) in [6.45, 7) is 0. The summed E-state index contributed by atoms with van der Waals surface area (Å²) in [6.07, 6.45) is 0. The van der Waals surface area contributed by atoms with Crippen LogP contribution in [0.15, 0.2) is 24.3 Å². The Bertz CT molecular complexity index is 393. The van der Waals surface area contributed by atoms with E-state index in [0.717, 1.165) is 0 Å². The Morgan fingerprint density at radius 3 is 2.31 bits per heavy atom. The van der Waals surface area contributed by atoms with Gasteiger partial charge in [0, 0.05) is 16.3 Å². The predicted octanol–water partition coefficient (Wildman–Crippen LogP) is 2.90. The Hall–Kier alpha value is -0.860. The predicted molar refractivity (Wildman–Crippen MR) is 70.9 cm³/mol. The highest BCUT2D eigenvalue weighted by molar-refractivity contribution is 9.09. The van der Waals surface area contributed by atoms with E-state index >= 15 is 0 Å². The summed E-state index contributed by atoms with van der Waals surface area (Å²) >= 11 is 6.56. The molecule has 84 valence electrons. The number of anilines is 1. The minimum absolute atomic E-state index is 0.0431. The molecule has 0 aromatic heterocycles. The van der Waals surface area contributed by atoms with E-state index in [0.29, 0.717) is 21.9 Å². The van der Waals surface area contributed by atoms with Gasteiger partial charge >= 0.3 is 0 Å². The second-order valence-corrected chi connectivity index (χ2v) is 4.48. The van der Waals surface area contributed by atoms with Crippen LogP contribution in [0.25, 0.3) is 0 Å². The smallest absolute Gasteiger partial charge is 0.229 e. The van der Waals surface area contributed by atoms with Gasteiger partial charge in [-0.05, 0) is 24.3 Å². The molecule has 0 bridgehead atoms. The first kappa shape index (κ1) is 13.2. The zero-order valence-electron chi connectivity index (χ0n) is 8.41. The molecule has 1 rings (SSSR count). The molecule has 16 heavy (non-hydrogen) atoms. The molecule has 0 radical (unpaired) electrons. The van der Waals surface area contributed by atoms with E-state index in [1.807, 2.05) is 6.07 Å². The number of nitrogens with one attached hydrogen (secondary N) is 1. The van der Waals surface area contributed by atoms with Gasteiger partial charge in [0.25, 0.3) is 0 Å². The number of alkyl halides is 2. The lowest BCUT2D eigenvalue weighted by Crippen LogP contribution is -2.25. The van der Waals surface area contributed by atoms with Gasteiger partial charge in [-0.25, -0.2) is 0 Å². The number of amides is 1. The SMILES string of the molecule is N#Cc1ccc(NC(=O)C(CBr)CBr)cc1. The summed E-state index contributed by atoms with van der Waals surface area (Å²) in [4.78, 5) is 11.7. The van der Waals surface area contributed by atoms with E-state index in [-0.39, 0.29) is 11.8 Å². The van der Waals surface area contributed by atoms with Gasteiger partial charge in [0.15, 0.2) is 0 Å². The molecule has 0 saturated heterocycles. The third kappa shape index (κ3) is 3.62. The van der Waals surface area contributed by atoms with Crippen molar-refractivity contribution < 1.29 is 4.79 Å². The molecule has 0 unspecified atom stereocenters. The van der Waals surface area contributed by atoms with Crippen molar-refractivity contribution in [1.29, 1.82) is 5.26 Å². The minimum atomic E-state index is -0.101.